The van der Waals surface area contributed by atoms with E-state index in [1.165, 1.54) is 66.4 Å². The van der Waals surface area contributed by atoms with Crippen molar-refractivity contribution >= 4 is 11.9 Å². The Balaban J connectivity index is 0.899. The molecule has 8 aliphatic rings. The lowest BCUT2D eigenvalue weighted by molar-refractivity contribution is -0.134. The van der Waals surface area contributed by atoms with Gasteiger partial charge in [0.2, 0.25) is 0 Å². The number of ether oxygens (including phenoxy) is 2. The zero-order valence-corrected chi connectivity index (χ0v) is 42.6. The summed E-state index contributed by atoms with van der Waals surface area (Å²) in [6.45, 7) is 19.7. The van der Waals surface area contributed by atoms with Crippen LogP contribution >= 0.6 is 0 Å². The minimum absolute atomic E-state index is 0.158. The molecule has 3 fully saturated rings. The van der Waals surface area contributed by atoms with Crippen molar-refractivity contribution in [2.75, 3.05) is 0 Å². The minimum Gasteiger partial charge on any atom is -0.426 e. The van der Waals surface area contributed by atoms with Crippen molar-refractivity contribution in [2.24, 2.45) is 34.5 Å². The largest absolute Gasteiger partial charge is 0.426 e. The summed E-state index contributed by atoms with van der Waals surface area (Å²) in [5.41, 5.74) is 18.4. The average molecular weight is 939 g/mol. The van der Waals surface area contributed by atoms with Crippen molar-refractivity contribution < 1.29 is 19.1 Å². The highest BCUT2D eigenvalue weighted by molar-refractivity contribution is 5.82. The van der Waals surface area contributed by atoms with Crippen molar-refractivity contribution in [2.45, 2.75) is 112 Å². The van der Waals surface area contributed by atoms with Crippen molar-refractivity contribution in [3.8, 4) is 22.6 Å². The monoisotopic (exact) mass is 939 g/mol. The molecular formula is C67H70O4. The van der Waals surface area contributed by atoms with Gasteiger partial charge in [-0.3, -0.25) is 9.59 Å². The Bertz CT molecular complexity index is 2980. The molecule has 2 aromatic rings. The maximum Gasteiger partial charge on any atom is 0.315 e. The maximum atomic E-state index is 14.1. The number of hydrogen-bond acceptors (Lipinski definition) is 4. The highest BCUT2D eigenvalue weighted by Gasteiger charge is 2.59. The van der Waals surface area contributed by atoms with Crippen molar-refractivity contribution in [1.82, 2.24) is 0 Å². The minimum atomic E-state index is -0.321. The summed E-state index contributed by atoms with van der Waals surface area (Å²) in [5, 5.41) is 0. The van der Waals surface area contributed by atoms with Crippen LogP contribution in [0.1, 0.15) is 110 Å². The highest BCUT2D eigenvalue weighted by Crippen LogP contribution is 2.69. The van der Waals surface area contributed by atoms with E-state index in [4.69, 9.17) is 9.47 Å². The van der Waals surface area contributed by atoms with E-state index in [1.807, 2.05) is 67.6 Å². The van der Waals surface area contributed by atoms with Crippen LogP contribution in [0.3, 0.4) is 0 Å². The van der Waals surface area contributed by atoms with Crippen LogP contribution in [0.15, 0.2) is 214 Å². The Kier molecular flexibility index (Phi) is 13.5. The van der Waals surface area contributed by atoms with E-state index in [0.29, 0.717) is 41.6 Å². The van der Waals surface area contributed by atoms with E-state index in [-0.39, 0.29) is 30.2 Å². The molecular weight excluding hydrogens is 869 g/mol. The normalized spacial score (nSPS) is 27.3. The zero-order chi connectivity index (χ0) is 49.4. The van der Waals surface area contributed by atoms with Gasteiger partial charge in [-0.15, -0.1) is 13.2 Å². The number of allylic oxidation sites excluding steroid dienone is 26. The quantitative estimate of drug-likeness (QED) is 0.114. The van der Waals surface area contributed by atoms with E-state index in [9.17, 15) is 9.59 Å². The van der Waals surface area contributed by atoms with Gasteiger partial charge in [-0.2, -0.15) is 0 Å². The molecule has 0 aliphatic heterocycles. The van der Waals surface area contributed by atoms with Crippen LogP contribution in [0, 0.1) is 34.5 Å². The first-order chi connectivity index (χ1) is 34.4. The predicted octanol–water partition coefficient (Wildman–Crippen LogP) is 16.5. The molecule has 71 heavy (non-hydrogen) atoms. The first-order valence-electron chi connectivity index (χ1n) is 26.3. The van der Waals surface area contributed by atoms with Gasteiger partial charge >= 0.3 is 11.9 Å². The molecule has 10 rings (SSSR count). The molecule has 0 radical (unpaired) electrons. The molecule has 6 atom stereocenters. The zero-order valence-electron chi connectivity index (χ0n) is 42.6. The summed E-state index contributed by atoms with van der Waals surface area (Å²) < 4.78 is 12.2. The van der Waals surface area contributed by atoms with Gasteiger partial charge in [-0.05, 0) is 206 Å². The summed E-state index contributed by atoms with van der Waals surface area (Å²) in [6.07, 6.45) is 48.0. The highest BCUT2D eigenvalue weighted by atomic mass is 16.5. The lowest BCUT2D eigenvalue weighted by atomic mass is 9.45. The van der Waals surface area contributed by atoms with Crippen LogP contribution < -0.4 is 9.47 Å². The van der Waals surface area contributed by atoms with E-state index >= 15 is 0 Å². The molecule has 362 valence electrons. The molecule has 0 amide bonds. The third-order valence-corrected chi connectivity index (χ3v) is 17.9. The van der Waals surface area contributed by atoms with Crippen molar-refractivity contribution in [3.05, 3.63) is 225 Å². The van der Waals surface area contributed by atoms with Gasteiger partial charge in [-0.25, -0.2) is 0 Å². The fourth-order valence-electron chi connectivity index (χ4n) is 14.3. The fraction of sp³-hybridized carbons (Fsp3) is 0.343. The van der Waals surface area contributed by atoms with Crippen LogP contribution in [0.4, 0.5) is 0 Å². The number of rotatable bonds is 13. The Morgan fingerprint density at radius 3 is 2.04 bits per heavy atom. The first kappa shape index (κ1) is 48.1. The van der Waals surface area contributed by atoms with Crippen molar-refractivity contribution in [3.63, 3.8) is 0 Å². The molecule has 4 heteroatoms. The SMILES string of the molecule is C=CCc1ccc(OC(=O)C/C(C)=C2\C=CC(C3=C4CC[C@H]5[C@@H]6CC[C@H](C(C)=C7C=CC=C7)[C@@]6(C)CC[C@@H]5[C@@]4(C)CCC3=C3C=CC=C3)=C2)c(-c2ccc(OC(=O)CC(C)=C3C=CC=C3)c(CC=C)c2)c1. The van der Waals surface area contributed by atoms with Crippen LogP contribution in [0.2, 0.25) is 0 Å². The van der Waals surface area contributed by atoms with Gasteiger partial charge < -0.3 is 9.47 Å². The van der Waals surface area contributed by atoms with Gasteiger partial charge in [-0.1, -0.05) is 145 Å². The second kappa shape index (κ2) is 19.9. The lowest BCUT2D eigenvalue weighted by Gasteiger charge is -2.59. The average Bonchev–Trinajstić information content (AvgIpc) is 4.22. The van der Waals surface area contributed by atoms with E-state index in [2.05, 4.69) is 114 Å². The number of benzene rings is 2. The third-order valence-electron chi connectivity index (χ3n) is 17.9. The summed E-state index contributed by atoms with van der Waals surface area (Å²) in [5.74, 6) is 3.27. The standard InChI is InChI=1S/C67H70O4/c1-8-16-46-24-32-62(56(40-46)51-27-33-61(52(42-51)17-9-2)70-63(68)38-43(3)47-18-10-11-19-47)71-64(69)39-44(4)50-25-26-53(41-50)65-54(49-22-14-15-23-49)34-36-67(7)59-35-37-66(6)57(45(5)48-20-12-13-21-48)30-31-58(66)55(59)28-29-60(65)67/h8-15,18-27,32-33,40-42,55,57-59H,1-2,16-17,28-31,34-39H2,3-7H3/b50-44+/t55-,57+,58-,59-,66+,67+/m0/s1. The van der Waals surface area contributed by atoms with Gasteiger partial charge in [0.1, 0.15) is 11.5 Å². The number of esters is 2. The molecule has 0 spiro atoms. The van der Waals surface area contributed by atoms with E-state index in [0.717, 1.165) is 69.2 Å². The second-order valence-electron chi connectivity index (χ2n) is 21.9. The van der Waals surface area contributed by atoms with E-state index in [1.54, 1.807) is 17.2 Å². The van der Waals surface area contributed by atoms with Gasteiger partial charge in [0.25, 0.3) is 0 Å². The third kappa shape index (κ3) is 9.20. The molecule has 0 saturated heterocycles. The van der Waals surface area contributed by atoms with Gasteiger partial charge in [0.05, 0.1) is 12.8 Å². The van der Waals surface area contributed by atoms with E-state index < -0.39 is 0 Å². The molecule has 3 saturated carbocycles. The Morgan fingerprint density at radius 1 is 0.662 bits per heavy atom. The Morgan fingerprint density at radius 2 is 1.32 bits per heavy atom. The molecule has 4 nitrogen and oxygen atoms in total. The summed E-state index contributed by atoms with van der Waals surface area (Å²) in [7, 11) is 0. The molecule has 0 aromatic heterocycles. The first-order valence-corrected chi connectivity index (χ1v) is 26.3. The summed E-state index contributed by atoms with van der Waals surface area (Å²) in [4.78, 5) is 27.2. The fourth-order valence-corrected chi connectivity index (χ4v) is 14.3. The van der Waals surface area contributed by atoms with Crippen molar-refractivity contribution in [1.29, 1.82) is 0 Å². The molecule has 0 heterocycles. The number of fused-ring (bicyclic) bond motifs is 5. The topological polar surface area (TPSA) is 52.6 Å². The molecule has 2 aromatic carbocycles. The predicted molar refractivity (Wildman–Crippen MR) is 292 cm³/mol. The van der Waals surface area contributed by atoms with Gasteiger partial charge in [0.15, 0.2) is 0 Å². The second-order valence-corrected chi connectivity index (χ2v) is 21.9. The molecule has 0 bridgehead atoms. The van der Waals surface area contributed by atoms with Crippen LogP contribution in [0.5, 0.6) is 11.5 Å². The number of carbonyl (C=O) groups is 2. The lowest BCUT2D eigenvalue weighted by Crippen LogP contribution is -2.50. The maximum absolute atomic E-state index is 14.1. The molecule has 0 unspecified atom stereocenters. The molecule has 8 aliphatic carbocycles. The Labute approximate surface area is 423 Å². The van der Waals surface area contributed by atoms with Crippen LogP contribution in [-0.4, -0.2) is 11.9 Å². The number of carbonyl (C=O) groups excluding carboxylic acids is 2. The smallest absolute Gasteiger partial charge is 0.315 e. The van der Waals surface area contributed by atoms with Crippen LogP contribution in [-0.2, 0) is 22.4 Å². The Hall–Kier alpha value is -6.52. The summed E-state index contributed by atoms with van der Waals surface area (Å²) >= 11 is 0. The van der Waals surface area contributed by atoms with Gasteiger partial charge in [0, 0.05) is 5.56 Å². The number of hydrogen-bond donors (Lipinski definition) is 0. The van der Waals surface area contributed by atoms with Crippen LogP contribution in [0.25, 0.3) is 11.1 Å². The summed E-state index contributed by atoms with van der Waals surface area (Å²) in [6, 6.07) is 11.7. The molecule has 0 N–H and O–H groups in total.